The number of hydrogen-bond acceptors (Lipinski definition) is 3. The number of nitrogens with two attached hydrogens (primary N) is 1. The topological polar surface area (TPSA) is 83.6 Å². The average Bonchev–Trinajstić information content (AvgIpc) is 2.38. The highest BCUT2D eigenvalue weighted by molar-refractivity contribution is 5.85. The summed E-state index contributed by atoms with van der Waals surface area (Å²) in [5.74, 6) is -0.734. The quantitative estimate of drug-likeness (QED) is 0.789. The third kappa shape index (κ3) is 3.69. The number of likely N-dealkylation sites (tertiary alicyclic amines) is 1. The van der Waals surface area contributed by atoms with E-state index in [0.717, 1.165) is 12.8 Å². The monoisotopic (exact) mass is 270 g/mol. The second-order valence-corrected chi connectivity index (χ2v) is 5.77. The van der Waals surface area contributed by atoms with Crippen molar-refractivity contribution in [3.8, 4) is 0 Å². The Morgan fingerprint density at radius 3 is 2.47 bits per heavy atom. The first kappa shape index (κ1) is 16.0. The Kier molecular flexibility index (Phi) is 5.79. The van der Waals surface area contributed by atoms with E-state index in [9.17, 15) is 14.7 Å². The van der Waals surface area contributed by atoms with Crippen molar-refractivity contribution in [2.45, 2.75) is 46.1 Å². The summed E-state index contributed by atoms with van der Waals surface area (Å²) in [5, 5.41) is 9.34. The van der Waals surface area contributed by atoms with Gasteiger partial charge in [-0.15, -0.1) is 0 Å². The van der Waals surface area contributed by atoms with Crippen LogP contribution in [0, 0.1) is 17.8 Å². The van der Waals surface area contributed by atoms with Gasteiger partial charge in [0.25, 0.3) is 0 Å². The van der Waals surface area contributed by atoms with E-state index < -0.39 is 12.0 Å². The summed E-state index contributed by atoms with van der Waals surface area (Å²) in [6.07, 6.45) is 2.42. The first-order chi connectivity index (χ1) is 8.92. The maximum Gasteiger partial charge on any atom is 0.326 e. The highest BCUT2D eigenvalue weighted by Crippen LogP contribution is 2.27. The molecule has 0 radical (unpaired) electrons. The van der Waals surface area contributed by atoms with E-state index in [1.807, 2.05) is 13.8 Å². The van der Waals surface area contributed by atoms with Gasteiger partial charge in [0, 0.05) is 13.1 Å². The molecule has 110 valence electrons. The predicted octanol–water partition coefficient (Wildman–Crippen LogP) is 1.32. The molecule has 0 aromatic rings. The molecule has 3 unspecified atom stereocenters. The van der Waals surface area contributed by atoms with Crippen LogP contribution < -0.4 is 5.73 Å². The average molecular weight is 270 g/mol. The van der Waals surface area contributed by atoms with E-state index in [0.29, 0.717) is 18.9 Å². The summed E-state index contributed by atoms with van der Waals surface area (Å²) in [4.78, 5) is 25.4. The third-order valence-electron chi connectivity index (χ3n) is 4.23. The zero-order valence-corrected chi connectivity index (χ0v) is 12.1. The minimum Gasteiger partial charge on any atom is -0.480 e. The standard InChI is InChI=1S/C14H26N2O3/c1-4-10-5-6-16(12(7-10)14(18)19)13(17)11(8-15)9(2)3/h9-12H,4-8,15H2,1-3H3,(H,18,19). The van der Waals surface area contributed by atoms with Crippen LogP contribution in [0.25, 0.3) is 0 Å². The molecule has 5 heteroatoms. The van der Waals surface area contributed by atoms with Crippen LogP contribution in [0.15, 0.2) is 0 Å². The van der Waals surface area contributed by atoms with Crippen LogP contribution in [0.4, 0.5) is 0 Å². The molecule has 1 amide bonds. The van der Waals surface area contributed by atoms with Gasteiger partial charge in [-0.2, -0.15) is 0 Å². The molecule has 0 aromatic carbocycles. The number of rotatable bonds is 5. The SMILES string of the molecule is CCC1CCN(C(=O)C(CN)C(C)C)C(C(=O)O)C1. The Bertz CT molecular complexity index is 331. The minimum absolute atomic E-state index is 0.0977. The van der Waals surface area contributed by atoms with Crippen molar-refractivity contribution in [1.82, 2.24) is 4.90 Å². The molecule has 5 nitrogen and oxygen atoms in total. The van der Waals surface area contributed by atoms with E-state index in [4.69, 9.17) is 5.73 Å². The number of nitrogens with zero attached hydrogens (tertiary/aromatic N) is 1. The number of carboxylic acids is 1. The van der Waals surface area contributed by atoms with Gasteiger partial charge in [0.15, 0.2) is 0 Å². The first-order valence-corrected chi connectivity index (χ1v) is 7.15. The van der Waals surface area contributed by atoms with Gasteiger partial charge in [0.1, 0.15) is 6.04 Å². The summed E-state index contributed by atoms with van der Waals surface area (Å²) in [6.45, 7) is 6.78. The zero-order chi connectivity index (χ0) is 14.6. The molecule has 0 spiro atoms. The fourth-order valence-electron chi connectivity index (χ4n) is 2.78. The maximum atomic E-state index is 12.5. The molecule has 1 heterocycles. The lowest BCUT2D eigenvalue weighted by Crippen LogP contribution is -2.53. The van der Waals surface area contributed by atoms with E-state index in [-0.39, 0.29) is 24.3 Å². The van der Waals surface area contributed by atoms with Crippen LogP contribution >= 0.6 is 0 Å². The number of carbonyl (C=O) groups excluding carboxylic acids is 1. The Hall–Kier alpha value is -1.10. The van der Waals surface area contributed by atoms with Gasteiger partial charge in [-0.25, -0.2) is 4.79 Å². The van der Waals surface area contributed by atoms with Crippen LogP contribution in [0.3, 0.4) is 0 Å². The Morgan fingerprint density at radius 2 is 2.05 bits per heavy atom. The van der Waals surface area contributed by atoms with Crippen molar-refractivity contribution in [3.63, 3.8) is 0 Å². The normalized spacial score (nSPS) is 25.4. The summed E-state index contributed by atoms with van der Waals surface area (Å²) in [5.41, 5.74) is 5.66. The molecule has 0 aromatic heterocycles. The second kappa shape index (κ2) is 6.89. The lowest BCUT2D eigenvalue weighted by atomic mass is 9.86. The van der Waals surface area contributed by atoms with Gasteiger partial charge in [0.2, 0.25) is 5.91 Å². The number of amides is 1. The van der Waals surface area contributed by atoms with Crippen LogP contribution in [0.1, 0.15) is 40.0 Å². The molecule has 1 rings (SSSR count). The number of carboxylic acid groups (broad SMARTS) is 1. The Morgan fingerprint density at radius 1 is 1.42 bits per heavy atom. The molecule has 1 fully saturated rings. The van der Waals surface area contributed by atoms with Crippen molar-refractivity contribution in [3.05, 3.63) is 0 Å². The van der Waals surface area contributed by atoms with Gasteiger partial charge < -0.3 is 15.7 Å². The highest BCUT2D eigenvalue weighted by Gasteiger charge is 2.38. The van der Waals surface area contributed by atoms with Gasteiger partial charge in [-0.3, -0.25) is 4.79 Å². The molecular weight excluding hydrogens is 244 g/mol. The summed E-state index contributed by atoms with van der Waals surface area (Å²) < 4.78 is 0. The van der Waals surface area contributed by atoms with E-state index in [1.54, 1.807) is 0 Å². The van der Waals surface area contributed by atoms with Gasteiger partial charge in [0.05, 0.1) is 5.92 Å². The fraction of sp³-hybridized carbons (Fsp3) is 0.857. The van der Waals surface area contributed by atoms with Crippen LogP contribution in [-0.4, -0.2) is 41.0 Å². The fourth-order valence-corrected chi connectivity index (χ4v) is 2.78. The third-order valence-corrected chi connectivity index (χ3v) is 4.23. The maximum absolute atomic E-state index is 12.5. The first-order valence-electron chi connectivity index (χ1n) is 7.15. The number of piperidine rings is 1. The van der Waals surface area contributed by atoms with E-state index in [2.05, 4.69) is 6.92 Å². The Balaban J connectivity index is 2.85. The summed E-state index contributed by atoms with van der Waals surface area (Å²) >= 11 is 0. The van der Waals surface area contributed by atoms with E-state index in [1.165, 1.54) is 4.90 Å². The van der Waals surface area contributed by atoms with Gasteiger partial charge in [-0.1, -0.05) is 27.2 Å². The minimum atomic E-state index is -0.897. The number of carbonyl (C=O) groups is 2. The van der Waals surface area contributed by atoms with Crippen LogP contribution in [0.2, 0.25) is 0 Å². The molecular formula is C14H26N2O3. The highest BCUT2D eigenvalue weighted by atomic mass is 16.4. The molecule has 0 bridgehead atoms. The zero-order valence-electron chi connectivity index (χ0n) is 12.1. The molecule has 1 saturated heterocycles. The van der Waals surface area contributed by atoms with Crippen molar-refractivity contribution in [2.24, 2.45) is 23.5 Å². The predicted molar refractivity (Wildman–Crippen MR) is 73.5 cm³/mol. The molecule has 0 saturated carbocycles. The number of hydrogen-bond donors (Lipinski definition) is 2. The number of aliphatic carboxylic acids is 1. The van der Waals surface area contributed by atoms with Crippen molar-refractivity contribution in [1.29, 1.82) is 0 Å². The molecule has 19 heavy (non-hydrogen) atoms. The Labute approximate surface area is 115 Å². The lowest BCUT2D eigenvalue weighted by Gasteiger charge is -2.39. The molecule has 3 N–H and O–H groups in total. The van der Waals surface area contributed by atoms with Gasteiger partial charge >= 0.3 is 5.97 Å². The smallest absolute Gasteiger partial charge is 0.326 e. The summed E-state index contributed by atoms with van der Waals surface area (Å²) in [6, 6.07) is -0.681. The van der Waals surface area contributed by atoms with Crippen LogP contribution in [0.5, 0.6) is 0 Å². The van der Waals surface area contributed by atoms with Crippen molar-refractivity contribution >= 4 is 11.9 Å². The molecule has 0 aliphatic carbocycles. The van der Waals surface area contributed by atoms with Crippen molar-refractivity contribution < 1.29 is 14.7 Å². The largest absolute Gasteiger partial charge is 0.480 e. The lowest BCUT2D eigenvalue weighted by molar-refractivity contribution is -0.155. The molecule has 3 atom stereocenters. The second-order valence-electron chi connectivity index (χ2n) is 5.77. The molecule has 1 aliphatic heterocycles. The summed E-state index contributed by atoms with van der Waals surface area (Å²) in [7, 11) is 0. The van der Waals surface area contributed by atoms with E-state index >= 15 is 0 Å². The van der Waals surface area contributed by atoms with Crippen LogP contribution in [-0.2, 0) is 9.59 Å². The molecule has 1 aliphatic rings. The van der Waals surface area contributed by atoms with Gasteiger partial charge in [-0.05, 0) is 24.7 Å². The van der Waals surface area contributed by atoms with Crippen molar-refractivity contribution in [2.75, 3.05) is 13.1 Å².